The zero-order valence-electron chi connectivity index (χ0n) is 8.50. The number of aliphatic hydroxyl groups excluding tert-OH is 1. The summed E-state index contributed by atoms with van der Waals surface area (Å²) in [5.41, 5.74) is 0. The van der Waals surface area contributed by atoms with Crippen molar-refractivity contribution >= 4 is 33.2 Å². The maximum absolute atomic E-state index is 11.3. The molecule has 0 saturated heterocycles. The molecule has 1 atom stereocenters. The highest BCUT2D eigenvalue weighted by Crippen LogP contribution is 2.19. The minimum atomic E-state index is -0.411. The molecule has 1 unspecified atom stereocenters. The highest BCUT2D eigenvalue weighted by Gasteiger charge is 2.04. The number of thiophene rings is 1. The summed E-state index contributed by atoms with van der Waals surface area (Å²) in [6.07, 6.45) is 0.483. The van der Waals surface area contributed by atoms with Gasteiger partial charge in [0.1, 0.15) is 0 Å². The van der Waals surface area contributed by atoms with Gasteiger partial charge in [-0.1, -0.05) is 0 Å². The molecular weight excluding hydrogens is 278 g/mol. The van der Waals surface area contributed by atoms with Crippen molar-refractivity contribution < 1.29 is 9.90 Å². The Morgan fingerprint density at radius 1 is 1.73 bits per heavy atom. The molecule has 0 aliphatic rings. The molecule has 0 saturated carbocycles. The van der Waals surface area contributed by atoms with Gasteiger partial charge >= 0.3 is 0 Å². The van der Waals surface area contributed by atoms with E-state index in [1.165, 1.54) is 0 Å². The zero-order valence-corrected chi connectivity index (χ0v) is 10.9. The lowest BCUT2D eigenvalue weighted by Crippen LogP contribution is -2.23. The molecule has 1 heterocycles. The number of nitrogens with one attached hydrogen (secondary N) is 1. The number of hydrogen-bond acceptors (Lipinski definition) is 3. The van der Waals surface area contributed by atoms with Crippen molar-refractivity contribution in [2.75, 3.05) is 0 Å². The molecule has 0 spiro atoms. The van der Waals surface area contributed by atoms with Gasteiger partial charge in [-0.25, -0.2) is 0 Å². The number of carbonyl (C=O) groups excluding carboxylic acids is 1. The van der Waals surface area contributed by atoms with Crippen LogP contribution in [0.5, 0.6) is 0 Å². The highest BCUT2D eigenvalue weighted by molar-refractivity contribution is 9.10. The Balaban J connectivity index is 2.22. The molecule has 84 valence electrons. The van der Waals surface area contributed by atoms with Crippen LogP contribution in [0.25, 0.3) is 0 Å². The fraction of sp³-hybridized carbons (Fsp3) is 0.500. The van der Waals surface area contributed by atoms with Gasteiger partial charge in [0, 0.05) is 21.2 Å². The number of rotatable bonds is 5. The largest absolute Gasteiger partial charge is 0.393 e. The lowest BCUT2D eigenvalue weighted by atomic mass is 10.2. The number of carbonyl (C=O) groups is 1. The fourth-order valence-corrected chi connectivity index (χ4v) is 2.45. The monoisotopic (exact) mass is 291 g/mol. The Bertz CT molecular complexity index is 325. The first-order chi connectivity index (χ1) is 7.08. The number of hydrogen-bond donors (Lipinski definition) is 2. The Kier molecular flexibility index (Phi) is 5.28. The van der Waals surface area contributed by atoms with Gasteiger partial charge in [-0.2, -0.15) is 0 Å². The average Bonchev–Trinajstić information content (AvgIpc) is 2.58. The Morgan fingerprint density at radius 2 is 2.47 bits per heavy atom. The predicted octanol–water partition coefficient (Wildman–Crippen LogP) is 2.29. The highest BCUT2D eigenvalue weighted by atomic mass is 79.9. The second-order valence-electron chi connectivity index (χ2n) is 3.40. The van der Waals surface area contributed by atoms with Crippen LogP contribution in [0.4, 0.5) is 0 Å². The van der Waals surface area contributed by atoms with Crippen molar-refractivity contribution in [1.29, 1.82) is 0 Å². The summed E-state index contributed by atoms with van der Waals surface area (Å²) in [5, 5.41) is 13.8. The molecule has 1 amide bonds. The Labute approximate surface area is 102 Å². The van der Waals surface area contributed by atoms with Crippen LogP contribution >= 0.6 is 27.3 Å². The second kappa shape index (κ2) is 6.25. The smallest absolute Gasteiger partial charge is 0.220 e. The van der Waals surface area contributed by atoms with Gasteiger partial charge in [-0.3, -0.25) is 4.79 Å². The lowest BCUT2D eigenvalue weighted by Gasteiger charge is -2.04. The molecule has 1 aromatic rings. The predicted molar refractivity (Wildman–Crippen MR) is 64.8 cm³/mol. The molecule has 0 bridgehead atoms. The first-order valence-corrected chi connectivity index (χ1v) is 6.43. The van der Waals surface area contributed by atoms with Crippen molar-refractivity contribution in [2.45, 2.75) is 32.4 Å². The van der Waals surface area contributed by atoms with Gasteiger partial charge in [0.25, 0.3) is 0 Å². The summed E-state index contributed by atoms with van der Waals surface area (Å²) >= 11 is 4.96. The van der Waals surface area contributed by atoms with Gasteiger partial charge in [-0.15, -0.1) is 11.3 Å². The minimum absolute atomic E-state index is 0.0135. The normalized spacial score (nSPS) is 12.5. The van der Waals surface area contributed by atoms with E-state index in [1.54, 1.807) is 18.3 Å². The summed E-state index contributed by atoms with van der Waals surface area (Å²) in [5.74, 6) is -0.0135. The molecule has 1 rings (SSSR count). The van der Waals surface area contributed by atoms with Crippen LogP contribution in [0, 0.1) is 0 Å². The molecule has 0 aromatic carbocycles. The summed E-state index contributed by atoms with van der Waals surface area (Å²) in [7, 11) is 0. The van der Waals surface area contributed by atoms with E-state index in [9.17, 15) is 4.79 Å². The van der Waals surface area contributed by atoms with E-state index in [0.29, 0.717) is 19.4 Å². The van der Waals surface area contributed by atoms with E-state index in [0.717, 1.165) is 9.35 Å². The average molecular weight is 292 g/mol. The van der Waals surface area contributed by atoms with E-state index < -0.39 is 6.10 Å². The first kappa shape index (κ1) is 12.7. The van der Waals surface area contributed by atoms with Gasteiger partial charge in [0.15, 0.2) is 0 Å². The van der Waals surface area contributed by atoms with E-state index in [-0.39, 0.29) is 5.91 Å². The van der Waals surface area contributed by atoms with Crippen molar-refractivity contribution in [2.24, 2.45) is 0 Å². The summed E-state index contributed by atoms with van der Waals surface area (Å²) in [6.45, 7) is 2.25. The minimum Gasteiger partial charge on any atom is -0.393 e. The van der Waals surface area contributed by atoms with E-state index in [2.05, 4.69) is 21.2 Å². The van der Waals surface area contributed by atoms with Crippen molar-refractivity contribution in [3.8, 4) is 0 Å². The molecular formula is C10H14BrNO2S. The Morgan fingerprint density at radius 3 is 3.00 bits per heavy atom. The second-order valence-corrected chi connectivity index (χ2v) is 5.31. The maximum atomic E-state index is 11.3. The number of amides is 1. The molecule has 5 heteroatoms. The third kappa shape index (κ3) is 5.30. The quantitative estimate of drug-likeness (QED) is 0.875. The number of halogens is 1. The maximum Gasteiger partial charge on any atom is 0.220 e. The van der Waals surface area contributed by atoms with Crippen LogP contribution in [-0.2, 0) is 11.3 Å². The van der Waals surface area contributed by atoms with Gasteiger partial charge in [0.05, 0.1) is 12.6 Å². The van der Waals surface area contributed by atoms with E-state index in [1.807, 2.05) is 11.4 Å². The molecule has 3 nitrogen and oxygen atoms in total. The van der Waals surface area contributed by atoms with Gasteiger partial charge < -0.3 is 10.4 Å². The molecule has 1 aromatic heterocycles. The van der Waals surface area contributed by atoms with Crippen LogP contribution in [0.3, 0.4) is 0 Å². The standard InChI is InChI=1S/C10H14BrNO2S/c1-7(13)2-3-10(14)12-5-9-4-8(11)6-15-9/h4,6-7,13H,2-3,5H2,1H3,(H,12,14). The summed E-state index contributed by atoms with van der Waals surface area (Å²) in [4.78, 5) is 12.4. The number of aliphatic hydroxyl groups is 1. The molecule has 0 fully saturated rings. The lowest BCUT2D eigenvalue weighted by molar-refractivity contribution is -0.121. The van der Waals surface area contributed by atoms with Crippen molar-refractivity contribution in [3.63, 3.8) is 0 Å². The van der Waals surface area contributed by atoms with Crippen molar-refractivity contribution in [3.05, 3.63) is 20.8 Å². The van der Waals surface area contributed by atoms with Crippen LogP contribution < -0.4 is 5.32 Å². The van der Waals surface area contributed by atoms with Crippen LogP contribution in [0.15, 0.2) is 15.9 Å². The van der Waals surface area contributed by atoms with Gasteiger partial charge in [0.2, 0.25) is 5.91 Å². The van der Waals surface area contributed by atoms with E-state index in [4.69, 9.17) is 5.11 Å². The van der Waals surface area contributed by atoms with Gasteiger partial charge in [-0.05, 0) is 35.3 Å². The summed E-state index contributed by atoms with van der Waals surface area (Å²) in [6, 6.07) is 1.99. The third-order valence-electron chi connectivity index (χ3n) is 1.87. The fourth-order valence-electron chi connectivity index (χ4n) is 1.06. The van der Waals surface area contributed by atoms with E-state index >= 15 is 0 Å². The van der Waals surface area contributed by atoms with Crippen LogP contribution in [0.1, 0.15) is 24.6 Å². The molecule has 0 radical (unpaired) electrons. The molecule has 15 heavy (non-hydrogen) atoms. The molecule has 2 N–H and O–H groups in total. The van der Waals surface area contributed by atoms with Crippen molar-refractivity contribution in [1.82, 2.24) is 5.32 Å². The molecule has 0 aliphatic heterocycles. The topological polar surface area (TPSA) is 49.3 Å². The third-order valence-corrected chi connectivity index (χ3v) is 3.57. The zero-order chi connectivity index (χ0) is 11.3. The Hall–Kier alpha value is -0.390. The van der Waals surface area contributed by atoms with Crippen LogP contribution in [0.2, 0.25) is 0 Å². The first-order valence-electron chi connectivity index (χ1n) is 4.75. The summed E-state index contributed by atoms with van der Waals surface area (Å²) < 4.78 is 1.04. The molecule has 0 aliphatic carbocycles. The SMILES string of the molecule is CC(O)CCC(=O)NCc1cc(Br)cs1. The van der Waals surface area contributed by atoms with Crippen LogP contribution in [-0.4, -0.2) is 17.1 Å².